The average molecular weight is 240 g/mol. The van der Waals surface area contributed by atoms with Crippen LogP contribution in [0.4, 0.5) is 11.6 Å². The van der Waals surface area contributed by atoms with E-state index in [1.54, 1.807) is 11.6 Å². The van der Waals surface area contributed by atoms with E-state index in [9.17, 15) is 10.1 Å². The summed E-state index contributed by atoms with van der Waals surface area (Å²) in [4.78, 5) is 14.0. The van der Waals surface area contributed by atoms with Crippen LogP contribution in [0.5, 0.6) is 0 Å². The molecule has 1 fully saturated rings. The molecule has 0 saturated carbocycles. The second kappa shape index (κ2) is 5.13. The minimum absolute atomic E-state index is 0.125. The van der Waals surface area contributed by atoms with Gasteiger partial charge in [-0.1, -0.05) is 0 Å². The molecule has 1 aromatic heterocycles. The summed E-state index contributed by atoms with van der Waals surface area (Å²) >= 11 is 0. The molecule has 1 aromatic rings. The van der Waals surface area contributed by atoms with Crippen molar-refractivity contribution in [3.05, 3.63) is 16.4 Å². The summed E-state index contributed by atoms with van der Waals surface area (Å²) in [6.07, 6.45) is 4.77. The Kier molecular flexibility index (Phi) is 3.58. The molecule has 0 aromatic carbocycles. The maximum absolute atomic E-state index is 10.7. The van der Waals surface area contributed by atoms with Crippen LogP contribution in [-0.2, 0) is 11.8 Å². The summed E-state index contributed by atoms with van der Waals surface area (Å²) in [6, 6.07) is 0. The van der Waals surface area contributed by atoms with E-state index in [2.05, 4.69) is 10.3 Å². The van der Waals surface area contributed by atoms with Gasteiger partial charge in [0.25, 0.3) is 0 Å². The first-order valence-electron chi connectivity index (χ1n) is 5.69. The molecular weight excluding hydrogens is 224 g/mol. The lowest BCUT2D eigenvalue weighted by Crippen LogP contribution is -2.14. The second-order valence-corrected chi connectivity index (χ2v) is 4.14. The molecule has 0 spiro atoms. The Morgan fingerprint density at radius 3 is 3.24 bits per heavy atom. The number of ether oxygens (including phenoxy) is 1. The Bertz CT molecular complexity index is 398. The van der Waals surface area contributed by atoms with Gasteiger partial charge in [-0.05, 0) is 29.2 Å². The largest absolute Gasteiger partial charge is 0.406 e. The molecule has 1 aliphatic heterocycles. The van der Waals surface area contributed by atoms with Crippen molar-refractivity contribution in [3.8, 4) is 0 Å². The number of rotatable bonds is 5. The minimum atomic E-state index is -0.478. The standard InChI is InChI=1S/C10H16N4O3/c1-13-7-12-10(14(15)16)9(13)11-5-4-8-3-2-6-17-8/h7-8,11H,2-6H2,1H3/t8-/m0/s1. The quantitative estimate of drug-likeness (QED) is 0.619. The number of nitrogens with zero attached hydrogens (tertiary/aromatic N) is 3. The zero-order valence-corrected chi connectivity index (χ0v) is 9.76. The average Bonchev–Trinajstić information content (AvgIpc) is 2.89. The predicted molar refractivity (Wildman–Crippen MR) is 61.9 cm³/mol. The van der Waals surface area contributed by atoms with Gasteiger partial charge in [0.2, 0.25) is 12.1 Å². The van der Waals surface area contributed by atoms with Gasteiger partial charge >= 0.3 is 5.82 Å². The topological polar surface area (TPSA) is 82.2 Å². The number of aryl methyl sites for hydroxylation is 1. The van der Waals surface area contributed by atoms with Crippen LogP contribution in [0, 0.1) is 10.1 Å². The van der Waals surface area contributed by atoms with Crippen molar-refractivity contribution in [2.45, 2.75) is 25.4 Å². The highest BCUT2D eigenvalue weighted by Gasteiger charge is 2.20. The van der Waals surface area contributed by atoms with Crippen LogP contribution in [-0.4, -0.2) is 33.7 Å². The molecule has 0 bridgehead atoms. The fourth-order valence-corrected chi connectivity index (χ4v) is 1.98. The molecule has 2 heterocycles. The van der Waals surface area contributed by atoms with Crippen molar-refractivity contribution < 1.29 is 9.66 Å². The molecule has 0 aliphatic carbocycles. The third-order valence-corrected chi connectivity index (χ3v) is 2.87. The van der Waals surface area contributed by atoms with E-state index in [-0.39, 0.29) is 11.9 Å². The molecule has 2 rings (SSSR count). The molecule has 1 saturated heterocycles. The summed E-state index contributed by atoms with van der Waals surface area (Å²) < 4.78 is 7.10. The van der Waals surface area contributed by atoms with E-state index < -0.39 is 4.92 Å². The van der Waals surface area contributed by atoms with E-state index in [0.717, 1.165) is 25.9 Å². The maximum Gasteiger partial charge on any atom is 0.406 e. The van der Waals surface area contributed by atoms with E-state index in [1.165, 1.54) is 6.33 Å². The molecule has 7 nitrogen and oxygen atoms in total. The normalized spacial score (nSPS) is 19.5. The van der Waals surface area contributed by atoms with Gasteiger partial charge in [-0.3, -0.25) is 4.57 Å². The van der Waals surface area contributed by atoms with Gasteiger partial charge in [0.05, 0.1) is 6.10 Å². The molecule has 0 unspecified atom stereocenters. The first-order valence-corrected chi connectivity index (χ1v) is 5.69. The van der Waals surface area contributed by atoms with Crippen LogP contribution in [0.3, 0.4) is 0 Å². The Balaban J connectivity index is 1.89. The molecule has 1 aliphatic rings. The lowest BCUT2D eigenvalue weighted by Gasteiger charge is -2.10. The third kappa shape index (κ3) is 2.73. The van der Waals surface area contributed by atoms with E-state index in [1.807, 2.05) is 0 Å². The molecular formula is C10H16N4O3. The summed E-state index contributed by atoms with van der Waals surface area (Å²) in [5.41, 5.74) is 0. The van der Waals surface area contributed by atoms with E-state index in [4.69, 9.17) is 4.74 Å². The molecule has 17 heavy (non-hydrogen) atoms. The van der Waals surface area contributed by atoms with Crippen molar-refractivity contribution in [3.63, 3.8) is 0 Å². The summed E-state index contributed by atoms with van der Waals surface area (Å²) in [6.45, 7) is 1.49. The van der Waals surface area contributed by atoms with Gasteiger partial charge in [0.15, 0.2) is 0 Å². The van der Waals surface area contributed by atoms with Gasteiger partial charge in [-0.25, -0.2) is 0 Å². The molecule has 7 heteroatoms. The van der Waals surface area contributed by atoms with Crippen LogP contribution < -0.4 is 5.32 Å². The molecule has 1 N–H and O–H groups in total. The van der Waals surface area contributed by atoms with Crippen LogP contribution in [0.2, 0.25) is 0 Å². The summed E-state index contributed by atoms with van der Waals surface area (Å²) in [7, 11) is 1.73. The van der Waals surface area contributed by atoms with Crippen molar-refractivity contribution in [2.75, 3.05) is 18.5 Å². The first kappa shape index (κ1) is 11.8. The first-order chi connectivity index (χ1) is 8.18. The van der Waals surface area contributed by atoms with Crippen molar-refractivity contribution in [1.82, 2.24) is 9.55 Å². The molecule has 0 amide bonds. The zero-order valence-electron chi connectivity index (χ0n) is 9.76. The van der Waals surface area contributed by atoms with Gasteiger partial charge in [-0.2, -0.15) is 0 Å². The smallest absolute Gasteiger partial charge is 0.378 e. The molecule has 1 atom stereocenters. The minimum Gasteiger partial charge on any atom is -0.378 e. The Morgan fingerprint density at radius 2 is 2.59 bits per heavy atom. The predicted octanol–water partition coefficient (Wildman–Crippen LogP) is 1.31. The Labute approximate surface area is 98.9 Å². The number of hydrogen-bond acceptors (Lipinski definition) is 5. The van der Waals surface area contributed by atoms with Crippen molar-refractivity contribution in [2.24, 2.45) is 7.05 Å². The van der Waals surface area contributed by atoms with Crippen LogP contribution in [0.15, 0.2) is 6.33 Å². The highest BCUT2D eigenvalue weighted by molar-refractivity contribution is 5.51. The Morgan fingerprint density at radius 1 is 1.76 bits per heavy atom. The fraction of sp³-hybridized carbons (Fsp3) is 0.700. The number of anilines is 1. The molecule has 94 valence electrons. The van der Waals surface area contributed by atoms with Gasteiger partial charge < -0.3 is 20.2 Å². The number of imidazole rings is 1. The summed E-state index contributed by atoms with van der Waals surface area (Å²) in [5.74, 6) is 0.327. The van der Waals surface area contributed by atoms with Gasteiger partial charge in [0, 0.05) is 20.2 Å². The number of nitrogens with one attached hydrogen (secondary N) is 1. The second-order valence-electron chi connectivity index (χ2n) is 4.14. The fourth-order valence-electron chi connectivity index (χ4n) is 1.98. The number of nitro groups is 1. The van der Waals surface area contributed by atoms with Crippen molar-refractivity contribution in [1.29, 1.82) is 0 Å². The number of aromatic nitrogens is 2. The lowest BCUT2D eigenvalue weighted by atomic mass is 10.2. The molecule has 0 radical (unpaired) electrons. The van der Waals surface area contributed by atoms with E-state index >= 15 is 0 Å². The lowest BCUT2D eigenvalue weighted by molar-refractivity contribution is -0.388. The van der Waals surface area contributed by atoms with E-state index in [0.29, 0.717) is 12.4 Å². The monoisotopic (exact) mass is 240 g/mol. The summed E-state index contributed by atoms with van der Waals surface area (Å²) in [5, 5.41) is 13.8. The number of hydrogen-bond donors (Lipinski definition) is 1. The van der Waals surface area contributed by atoms with Crippen molar-refractivity contribution >= 4 is 11.6 Å². The SMILES string of the molecule is Cn1cnc([N+](=O)[O-])c1NCC[C@@H]1CCCO1. The van der Waals surface area contributed by atoms with Crippen LogP contribution >= 0.6 is 0 Å². The maximum atomic E-state index is 10.7. The van der Waals surface area contributed by atoms with Crippen LogP contribution in [0.25, 0.3) is 0 Å². The highest BCUT2D eigenvalue weighted by Crippen LogP contribution is 2.21. The zero-order chi connectivity index (χ0) is 12.3. The Hall–Kier alpha value is -1.63. The van der Waals surface area contributed by atoms with Crippen LogP contribution in [0.1, 0.15) is 19.3 Å². The van der Waals surface area contributed by atoms with Gasteiger partial charge in [0.1, 0.15) is 0 Å². The highest BCUT2D eigenvalue weighted by atomic mass is 16.6. The third-order valence-electron chi connectivity index (χ3n) is 2.87. The van der Waals surface area contributed by atoms with Gasteiger partial charge in [-0.15, -0.1) is 0 Å².